The molecule has 0 radical (unpaired) electrons. The third-order valence-corrected chi connectivity index (χ3v) is 3.93. The molecule has 3 heterocycles. The summed E-state index contributed by atoms with van der Waals surface area (Å²) in [4.78, 5) is 35.5. The lowest BCUT2D eigenvalue weighted by Gasteiger charge is -2.12. The van der Waals surface area contributed by atoms with E-state index in [0.29, 0.717) is 0 Å². The summed E-state index contributed by atoms with van der Waals surface area (Å²) in [5.74, 6) is -0.814. The fourth-order valence-electron chi connectivity index (χ4n) is 2.00. The van der Waals surface area contributed by atoms with Gasteiger partial charge in [0.25, 0.3) is 17.4 Å². The summed E-state index contributed by atoms with van der Waals surface area (Å²) in [6, 6.07) is 5.76. The highest BCUT2D eigenvalue weighted by atomic mass is 32.1. The second-order valence-electron chi connectivity index (χ2n) is 5.01. The largest absolute Gasteiger partial charge is 0.437 e. The predicted molar refractivity (Wildman–Crippen MR) is 85.9 cm³/mol. The summed E-state index contributed by atoms with van der Waals surface area (Å²) in [5, 5.41) is 14.5. The average Bonchev–Trinajstić information content (AvgIpc) is 3.18. The second-order valence-corrected chi connectivity index (χ2v) is 5.96. The Morgan fingerprint density at radius 1 is 1.42 bits per heavy atom. The minimum atomic E-state index is -0.596. The van der Waals surface area contributed by atoms with Gasteiger partial charge in [0.15, 0.2) is 0 Å². The molecule has 1 amide bonds. The van der Waals surface area contributed by atoms with Gasteiger partial charge < -0.3 is 9.73 Å². The SMILES string of the molecule is C[C@@H](Cn1nc(-c2cccs2)oc1=O)NC(=O)c1ccc(=O)[nH]n1. The molecule has 3 aromatic heterocycles. The average molecular weight is 347 g/mol. The lowest BCUT2D eigenvalue weighted by Crippen LogP contribution is -2.38. The highest BCUT2D eigenvalue weighted by molar-refractivity contribution is 7.13. The maximum Gasteiger partial charge on any atom is 0.437 e. The number of nitrogens with zero attached hydrogens (tertiary/aromatic N) is 3. The van der Waals surface area contributed by atoms with Crippen LogP contribution in [0.3, 0.4) is 0 Å². The van der Waals surface area contributed by atoms with Gasteiger partial charge in [0.05, 0.1) is 11.4 Å². The van der Waals surface area contributed by atoms with Gasteiger partial charge in [-0.1, -0.05) is 6.07 Å². The summed E-state index contributed by atoms with van der Waals surface area (Å²) in [6.45, 7) is 1.86. The molecule has 1 atom stereocenters. The number of hydrogen-bond acceptors (Lipinski definition) is 7. The van der Waals surface area contributed by atoms with Gasteiger partial charge in [-0.05, 0) is 24.4 Å². The van der Waals surface area contributed by atoms with Gasteiger partial charge in [-0.2, -0.15) is 9.78 Å². The van der Waals surface area contributed by atoms with E-state index in [1.54, 1.807) is 13.0 Å². The Kier molecular flexibility index (Phi) is 4.38. The van der Waals surface area contributed by atoms with Gasteiger partial charge in [-0.3, -0.25) is 9.59 Å². The summed E-state index contributed by atoms with van der Waals surface area (Å²) >= 11 is 1.41. The number of aromatic amines is 1. The molecule has 2 N–H and O–H groups in total. The van der Waals surface area contributed by atoms with E-state index in [1.165, 1.54) is 23.5 Å². The third-order valence-electron chi connectivity index (χ3n) is 3.07. The number of nitrogens with one attached hydrogen (secondary N) is 2. The molecule has 0 aliphatic heterocycles. The first-order valence-corrected chi connectivity index (χ1v) is 7.89. The van der Waals surface area contributed by atoms with Gasteiger partial charge in [-0.25, -0.2) is 9.89 Å². The Morgan fingerprint density at radius 2 is 2.25 bits per heavy atom. The summed E-state index contributed by atoms with van der Waals surface area (Å²) in [6.07, 6.45) is 0. The van der Waals surface area contributed by atoms with E-state index in [2.05, 4.69) is 20.6 Å². The maximum absolute atomic E-state index is 12.0. The molecule has 0 aromatic carbocycles. The van der Waals surface area contributed by atoms with Crippen molar-refractivity contribution >= 4 is 17.2 Å². The van der Waals surface area contributed by atoms with Gasteiger partial charge in [0.1, 0.15) is 5.69 Å². The van der Waals surface area contributed by atoms with Gasteiger partial charge in [0, 0.05) is 12.1 Å². The lowest BCUT2D eigenvalue weighted by molar-refractivity contribution is 0.0929. The topological polar surface area (TPSA) is 123 Å². The molecular weight excluding hydrogens is 334 g/mol. The molecule has 3 rings (SSSR count). The van der Waals surface area contributed by atoms with Crippen LogP contribution >= 0.6 is 11.3 Å². The number of aromatic nitrogens is 4. The molecule has 0 spiro atoms. The zero-order valence-corrected chi connectivity index (χ0v) is 13.4. The minimum absolute atomic E-state index is 0.0771. The van der Waals surface area contributed by atoms with E-state index < -0.39 is 23.3 Å². The Balaban J connectivity index is 1.68. The number of H-pyrrole nitrogens is 1. The standard InChI is InChI=1S/C14H13N5O4S/c1-8(15-12(21)9-4-5-11(20)17-16-9)7-19-14(22)23-13(18-19)10-3-2-6-24-10/h2-6,8H,7H2,1H3,(H,15,21)(H,17,20)/t8-/m0/s1. The minimum Gasteiger partial charge on any atom is -0.387 e. The Bertz CT molecular complexity index is 936. The van der Waals surface area contributed by atoms with Crippen LogP contribution in [0.2, 0.25) is 0 Å². The second kappa shape index (κ2) is 6.62. The summed E-state index contributed by atoms with van der Waals surface area (Å²) in [7, 11) is 0. The van der Waals surface area contributed by atoms with Crippen molar-refractivity contribution in [1.29, 1.82) is 0 Å². The van der Waals surface area contributed by atoms with Crippen LogP contribution in [-0.4, -0.2) is 31.9 Å². The van der Waals surface area contributed by atoms with Crippen LogP contribution in [0.15, 0.2) is 43.7 Å². The van der Waals surface area contributed by atoms with Crippen LogP contribution in [0.1, 0.15) is 17.4 Å². The molecule has 10 heteroatoms. The van der Waals surface area contributed by atoms with Crippen molar-refractivity contribution in [2.45, 2.75) is 19.5 Å². The van der Waals surface area contributed by atoms with Crippen LogP contribution in [0.25, 0.3) is 10.8 Å². The van der Waals surface area contributed by atoms with Gasteiger partial charge in [0.2, 0.25) is 0 Å². The van der Waals surface area contributed by atoms with Crippen molar-refractivity contribution in [3.8, 4) is 10.8 Å². The molecule has 0 unspecified atom stereocenters. The van der Waals surface area contributed by atoms with E-state index in [9.17, 15) is 14.4 Å². The Hall–Kier alpha value is -3.01. The quantitative estimate of drug-likeness (QED) is 0.691. The van der Waals surface area contributed by atoms with Crippen LogP contribution < -0.4 is 16.6 Å². The van der Waals surface area contributed by atoms with Crippen LogP contribution in [0.4, 0.5) is 0 Å². The van der Waals surface area contributed by atoms with Crippen molar-refractivity contribution in [3.05, 3.63) is 56.2 Å². The third kappa shape index (κ3) is 3.49. The molecule has 0 aliphatic rings. The zero-order valence-electron chi connectivity index (χ0n) is 12.6. The molecule has 9 nitrogen and oxygen atoms in total. The fourth-order valence-corrected chi connectivity index (χ4v) is 2.64. The van der Waals surface area contributed by atoms with Gasteiger partial charge >= 0.3 is 5.76 Å². The number of carbonyl (C=O) groups is 1. The van der Waals surface area contributed by atoms with Crippen molar-refractivity contribution in [3.63, 3.8) is 0 Å². The first kappa shape index (κ1) is 15.9. The number of rotatable bonds is 5. The van der Waals surface area contributed by atoms with Crippen LogP contribution in [0, 0.1) is 0 Å². The monoisotopic (exact) mass is 347 g/mol. The highest BCUT2D eigenvalue weighted by Gasteiger charge is 2.16. The van der Waals surface area contributed by atoms with Crippen LogP contribution in [0.5, 0.6) is 0 Å². The molecule has 124 valence electrons. The summed E-state index contributed by atoms with van der Waals surface area (Å²) in [5.41, 5.74) is -0.317. The molecule has 0 bridgehead atoms. The number of hydrogen-bond donors (Lipinski definition) is 2. The molecular formula is C14H13N5O4S. The van der Waals surface area contributed by atoms with E-state index in [0.717, 1.165) is 9.56 Å². The van der Waals surface area contributed by atoms with E-state index in [4.69, 9.17) is 4.42 Å². The summed E-state index contributed by atoms with van der Waals surface area (Å²) < 4.78 is 6.26. The lowest BCUT2D eigenvalue weighted by atomic mass is 10.3. The van der Waals surface area contributed by atoms with Crippen LogP contribution in [-0.2, 0) is 6.54 Å². The Morgan fingerprint density at radius 3 is 2.92 bits per heavy atom. The van der Waals surface area contributed by atoms with Crippen molar-refractivity contribution < 1.29 is 9.21 Å². The molecule has 24 heavy (non-hydrogen) atoms. The highest BCUT2D eigenvalue weighted by Crippen LogP contribution is 2.20. The first-order chi connectivity index (χ1) is 11.5. The normalized spacial score (nSPS) is 12.0. The smallest absolute Gasteiger partial charge is 0.387 e. The predicted octanol–water partition coefficient (Wildman–Crippen LogP) is 0.467. The number of carbonyl (C=O) groups excluding carboxylic acids is 1. The molecule has 0 fully saturated rings. The zero-order chi connectivity index (χ0) is 17.1. The maximum atomic E-state index is 12.0. The van der Waals surface area contributed by atoms with E-state index >= 15 is 0 Å². The van der Waals surface area contributed by atoms with Crippen molar-refractivity contribution in [2.75, 3.05) is 0 Å². The molecule has 0 saturated heterocycles. The van der Waals surface area contributed by atoms with Gasteiger partial charge in [-0.15, -0.1) is 16.4 Å². The van der Waals surface area contributed by atoms with Crippen molar-refractivity contribution in [2.24, 2.45) is 0 Å². The number of amides is 1. The molecule has 0 aliphatic carbocycles. The Labute approximate surface area is 138 Å². The van der Waals surface area contributed by atoms with E-state index in [1.807, 2.05) is 11.4 Å². The number of thiophene rings is 1. The van der Waals surface area contributed by atoms with Crippen molar-refractivity contribution in [1.82, 2.24) is 25.3 Å². The fraction of sp³-hybridized carbons (Fsp3) is 0.214. The van der Waals surface area contributed by atoms with E-state index in [-0.39, 0.29) is 18.1 Å². The molecule has 0 saturated carbocycles. The molecule has 3 aromatic rings. The first-order valence-electron chi connectivity index (χ1n) is 7.01.